The molecule has 0 fully saturated rings. The van der Waals surface area contributed by atoms with E-state index in [4.69, 9.17) is 12.2 Å². The Labute approximate surface area is 123 Å². The summed E-state index contributed by atoms with van der Waals surface area (Å²) in [4.78, 5) is 0.965. The van der Waals surface area contributed by atoms with Gasteiger partial charge in [-0.1, -0.05) is 18.2 Å². The van der Waals surface area contributed by atoms with Gasteiger partial charge in [0.25, 0.3) is 0 Å². The Morgan fingerprint density at radius 1 is 1.30 bits per heavy atom. The van der Waals surface area contributed by atoms with Gasteiger partial charge in [0.2, 0.25) is 4.77 Å². The highest BCUT2D eigenvalue weighted by molar-refractivity contribution is 7.71. The van der Waals surface area contributed by atoms with Crippen molar-refractivity contribution in [3.05, 3.63) is 52.1 Å². The summed E-state index contributed by atoms with van der Waals surface area (Å²) in [6, 6.07) is 10.9. The lowest BCUT2D eigenvalue weighted by molar-refractivity contribution is 0.474. The molecule has 2 aromatic heterocycles. The minimum Gasteiger partial charge on any atom is -0.507 e. The van der Waals surface area contributed by atoms with Gasteiger partial charge in [0, 0.05) is 5.56 Å². The van der Waals surface area contributed by atoms with Gasteiger partial charge in [-0.2, -0.15) is 14.9 Å². The zero-order chi connectivity index (χ0) is 13.9. The normalized spacial score (nSPS) is 11.2. The molecule has 0 spiro atoms. The topological polar surface area (TPSA) is 66.2 Å². The molecular formula is C13H10N4OS2. The minimum absolute atomic E-state index is 0.170. The number of para-hydroxylation sites is 1. The predicted molar refractivity (Wildman–Crippen MR) is 81.8 cm³/mol. The molecule has 0 aliphatic carbocycles. The summed E-state index contributed by atoms with van der Waals surface area (Å²) in [6.45, 7) is 0. The number of nitrogens with zero attached hydrogens (tertiary/aromatic N) is 3. The van der Waals surface area contributed by atoms with Crippen LogP contribution in [0.1, 0.15) is 5.56 Å². The van der Waals surface area contributed by atoms with Crippen molar-refractivity contribution in [1.29, 1.82) is 0 Å². The van der Waals surface area contributed by atoms with Crippen molar-refractivity contribution in [2.45, 2.75) is 0 Å². The summed E-state index contributed by atoms with van der Waals surface area (Å²) in [5, 5.41) is 22.9. The molecule has 2 N–H and O–H groups in total. The number of aromatic hydroxyl groups is 1. The molecule has 20 heavy (non-hydrogen) atoms. The fourth-order valence-electron chi connectivity index (χ4n) is 1.68. The first-order chi connectivity index (χ1) is 9.75. The molecule has 3 rings (SSSR count). The van der Waals surface area contributed by atoms with E-state index in [1.54, 1.807) is 35.8 Å². The third kappa shape index (κ3) is 2.40. The van der Waals surface area contributed by atoms with E-state index in [2.05, 4.69) is 15.3 Å². The number of rotatable bonds is 3. The molecule has 0 aliphatic rings. The van der Waals surface area contributed by atoms with Crippen molar-refractivity contribution in [3.63, 3.8) is 0 Å². The Bertz CT molecular complexity index is 802. The van der Waals surface area contributed by atoms with Crippen molar-refractivity contribution in [2.75, 3.05) is 0 Å². The molecular weight excluding hydrogens is 292 g/mol. The first kappa shape index (κ1) is 12.8. The van der Waals surface area contributed by atoms with E-state index in [0.717, 1.165) is 4.88 Å². The summed E-state index contributed by atoms with van der Waals surface area (Å²) in [6.07, 6.45) is 1.55. The Morgan fingerprint density at radius 2 is 2.15 bits per heavy atom. The summed E-state index contributed by atoms with van der Waals surface area (Å²) < 4.78 is 1.94. The Hall–Kier alpha value is -2.25. The van der Waals surface area contributed by atoms with Crippen molar-refractivity contribution in [2.24, 2.45) is 5.10 Å². The molecule has 3 aromatic rings. The summed E-state index contributed by atoms with van der Waals surface area (Å²) >= 11 is 6.72. The molecule has 0 amide bonds. The highest BCUT2D eigenvalue weighted by Crippen LogP contribution is 2.22. The average Bonchev–Trinajstić information content (AvgIpc) is 3.08. The smallest absolute Gasteiger partial charge is 0.216 e. The van der Waals surface area contributed by atoms with Crippen LogP contribution in [0.5, 0.6) is 5.75 Å². The van der Waals surface area contributed by atoms with E-state index in [-0.39, 0.29) is 5.75 Å². The lowest BCUT2D eigenvalue weighted by Crippen LogP contribution is -1.94. The van der Waals surface area contributed by atoms with Gasteiger partial charge in [-0.05, 0) is 35.8 Å². The van der Waals surface area contributed by atoms with Gasteiger partial charge in [0.1, 0.15) is 5.75 Å². The van der Waals surface area contributed by atoms with E-state index in [9.17, 15) is 5.11 Å². The van der Waals surface area contributed by atoms with Crippen molar-refractivity contribution in [3.8, 4) is 16.5 Å². The number of aromatic amines is 1. The summed E-state index contributed by atoms with van der Waals surface area (Å²) in [5.74, 6) is 0.820. The predicted octanol–water partition coefficient (Wildman–Crippen LogP) is 3.26. The van der Waals surface area contributed by atoms with E-state index >= 15 is 0 Å². The summed E-state index contributed by atoms with van der Waals surface area (Å²) in [7, 11) is 0. The molecule has 0 bridgehead atoms. The quantitative estimate of drug-likeness (QED) is 0.576. The van der Waals surface area contributed by atoms with Gasteiger partial charge in [-0.15, -0.1) is 11.3 Å². The lowest BCUT2D eigenvalue weighted by atomic mass is 10.2. The third-order valence-corrected chi connectivity index (χ3v) is 3.77. The average molecular weight is 302 g/mol. The molecule has 0 radical (unpaired) electrons. The van der Waals surface area contributed by atoms with Crippen LogP contribution in [-0.2, 0) is 0 Å². The maximum Gasteiger partial charge on any atom is 0.216 e. The number of phenols is 1. The standard InChI is InChI=1S/C13H10N4OS2/c18-10-5-2-1-4-9(10)8-14-17-12(15-16-13(17)19)11-6-3-7-20-11/h1-8,18H,(H,16,19). The molecule has 5 nitrogen and oxygen atoms in total. The lowest BCUT2D eigenvalue weighted by Gasteiger charge is -1.99. The van der Waals surface area contributed by atoms with E-state index in [0.29, 0.717) is 16.2 Å². The van der Waals surface area contributed by atoms with Gasteiger partial charge >= 0.3 is 0 Å². The fraction of sp³-hybridized carbons (Fsp3) is 0. The van der Waals surface area contributed by atoms with Crippen molar-refractivity contribution in [1.82, 2.24) is 14.9 Å². The number of nitrogens with one attached hydrogen (secondary N) is 1. The largest absolute Gasteiger partial charge is 0.507 e. The van der Waals surface area contributed by atoms with Crippen LogP contribution in [0.3, 0.4) is 0 Å². The second kappa shape index (κ2) is 5.40. The fourth-order valence-corrected chi connectivity index (χ4v) is 2.56. The van der Waals surface area contributed by atoms with Crippen molar-refractivity contribution >= 4 is 29.8 Å². The zero-order valence-corrected chi connectivity index (χ0v) is 11.9. The van der Waals surface area contributed by atoms with Gasteiger partial charge in [-0.25, -0.2) is 5.10 Å². The molecule has 100 valence electrons. The first-order valence-corrected chi connectivity index (χ1v) is 7.08. The van der Waals surface area contributed by atoms with E-state index < -0.39 is 0 Å². The maximum absolute atomic E-state index is 9.71. The van der Waals surface area contributed by atoms with E-state index in [1.807, 2.05) is 23.6 Å². The molecule has 0 aliphatic heterocycles. The van der Waals surface area contributed by atoms with Gasteiger partial charge in [0.15, 0.2) is 5.82 Å². The first-order valence-electron chi connectivity index (χ1n) is 5.79. The highest BCUT2D eigenvalue weighted by atomic mass is 32.1. The van der Waals surface area contributed by atoms with Crippen LogP contribution in [0, 0.1) is 4.77 Å². The van der Waals surface area contributed by atoms with Crippen LogP contribution in [0.25, 0.3) is 10.7 Å². The van der Waals surface area contributed by atoms with Crippen LogP contribution in [-0.4, -0.2) is 26.2 Å². The van der Waals surface area contributed by atoms with Gasteiger partial charge in [0.05, 0.1) is 11.1 Å². The van der Waals surface area contributed by atoms with Crippen molar-refractivity contribution < 1.29 is 5.11 Å². The summed E-state index contributed by atoms with van der Waals surface area (Å²) in [5.41, 5.74) is 0.618. The van der Waals surface area contributed by atoms with Crippen LogP contribution >= 0.6 is 23.6 Å². The Balaban J connectivity index is 2.02. The van der Waals surface area contributed by atoms with Crippen LogP contribution in [0.2, 0.25) is 0 Å². The number of H-pyrrole nitrogens is 1. The van der Waals surface area contributed by atoms with Gasteiger partial charge < -0.3 is 5.11 Å². The molecule has 0 atom stereocenters. The number of phenolic OH excluding ortho intramolecular Hbond substituents is 1. The second-order valence-electron chi connectivity index (χ2n) is 3.94. The number of aromatic nitrogens is 3. The molecule has 0 unspecified atom stereocenters. The monoisotopic (exact) mass is 302 g/mol. The maximum atomic E-state index is 9.71. The highest BCUT2D eigenvalue weighted by Gasteiger charge is 2.08. The molecule has 2 heterocycles. The second-order valence-corrected chi connectivity index (χ2v) is 5.28. The zero-order valence-electron chi connectivity index (χ0n) is 10.2. The Morgan fingerprint density at radius 3 is 2.90 bits per heavy atom. The third-order valence-electron chi connectivity index (χ3n) is 2.64. The molecule has 7 heteroatoms. The SMILES string of the molecule is Oc1ccccc1C=Nn1c(-c2cccs2)n[nH]c1=S. The Kier molecular flexibility index (Phi) is 3.44. The van der Waals surface area contributed by atoms with E-state index in [1.165, 1.54) is 4.68 Å². The van der Waals surface area contributed by atoms with Crippen LogP contribution in [0.15, 0.2) is 46.9 Å². The number of thiophene rings is 1. The van der Waals surface area contributed by atoms with Gasteiger partial charge in [-0.3, -0.25) is 0 Å². The molecule has 1 aromatic carbocycles. The minimum atomic E-state index is 0.170. The number of benzene rings is 1. The number of hydrogen-bond acceptors (Lipinski definition) is 5. The molecule has 0 saturated carbocycles. The molecule has 0 saturated heterocycles. The van der Waals surface area contributed by atoms with Crippen LogP contribution < -0.4 is 0 Å². The van der Waals surface area contributed by atoms with Crippen LogP contribution in [0.4, 0.5) is 0 Å². The number of hydrogen-bond donors (Lipinski definition) is 2.